The van der Waals surface area contributed by atoms with Gasteiger partial charge >= 0.3 is 5.69 Å². The molecule has 7 heteroatoms. The third-order valence-corrected chi connectivity index (χ3v) is 3.74. The fourth-order valence-corrected chi connectivity index (χ4v) is 2.46. The standard InChI is InChI=1S/C17H17N3O4/c1-10-7-13-12(8-11(10)18)19-17(22)20(13)16(21)9-24-15-6-4-3-5-14(15)23-2/h3-8H,9,18H2,1-2H3,(H,19,22). The zero-order valence-corrected chi connectivity index (χ0v) is 13.3. The van der Waals surface area contributed by atoms with Crippen molar-refractivity contribution in [1.82, 2.24) is 9.55 Å². The van der Waals surface area contributed by atoms with Gasteiger partial charge in [0.25, 0.3) is 5.91 Å². The van der Waals surface area contributed by atoms with Crippen LogP contribution in [0.5, 0.6) is 11.5 Å². The highest BCUT2D eigenvalue weighted by Gasteiger charge is 2.16. The molecule has 1 aromatic heterocycles. The van der Waals surface area contributed by atoms with Crippen molar-refractivity contribution in [3.8, 4) is 11.5 Å². The van der Waals surface area contributed by atoms with Gasteiger partial charge in [-0.25, -0.2) is 9.36 Å². The van der Waals surface area contributed by atoms with Gasteiger partial charge in [-0.05, 0) is 36.8 Å². The first-order valence-corrected chi connectivity index (χ1v) is 7.31. The molecule has 0 atom stereocenters. The second-order valence-corrected chi connectivity index (χ2v) is 5.32. The molecule has 0 spiro atoms. The first-order valence-electron chi connectivity index (χ1n) is 7.31. The molecule has 3 rings (SSSR count). The molecule has 0 amide bonds. The maximum Gasteiger partial charge on any atom is 0.333 e. The van der Waals surface area contributed by atoms with Gasteiger partial charge in [0.2, 0.25) is 0 Å². The molecule has 2 aromatic carbocycles. The van der Waals surface area contributed by atoms with E-state index in [9.17, 15) is 9.59 Å². The summed E-state index contributed by atoms with van der Waals surface area (Å²) in [6.45, 7) is 1.52. The molecule has 0 aliphatic rings. The van der Waals surface area contributed by atoms with E-state index in [1.807, 2.05) is 6.92 Å². The summed E-state index contributed by atoms with van der Waals surface area (Å²) >= 11 is 0. The van der Waals surface area contributed by atoms with Crippen LogP contribution < -0.4 is 20.9 Å². The lowest BCUT2D eigenvalue weighted by Crippen LogP contribution is -2.28. The number of fused-ring (bicyclic) bond motifs is 1. The molecule has 3 aromatic rings. The van der Waals surface area contributed by atoms with Crippen molar-refractivity contribution in [2.45, 2.75) is 6.92 Å². The number of nitrogens with zero attached hydrogens (tertiary/aromatic N) is 1. The number of H-pyrrole nitrogens is 1. The molecule has 0 aliphatic carbocycles. The highest BCUT2D eigenvalue weighted by atomic mass is 16.5. The SMILES string of the molecule is COc1ccccc1OCC(=O)n1c(=O)[nH]c2cc(N)c(C)cc21. The van der Waals surface area contributed by atoms with E-state index in [0.29, 0.717) is 28.2 Å². The average Bonchev–Trinajstić information content (AvgIpc) is 2.88. The molecule has 1 heterocycles. The summed E-state index contributed by atoms with van der Waals surface area (Å²) in [5, 5.41) is 0. The van der Waals surface area contributed by atoms with Gasteiger partial charge in [0.1, 0.15) is 0 Å². The van der Waals surface area contributed by atoms with Crippen molar-refractivity contribution < 1.29 is 14.3 Å². The second kappa shape index (κ2) is 6.11. The number of nitrogens with one attached hydrogen (secondary N) is 1. The van der Waals surface area contributed by atoms with Crippen LogP contribution in [0.1, 0.15) is 10.4 Å². The fourth-order valence-electron chi connectivity index (χ4n) is 2.46. The summed E-state index contributed by atoms with van der Waals surface area (Å²) < 4.78 is 11.7. The number of para-hydroxylation sites is 2. The molecule has 0 radical (unpaired) electrons. The Hall–Kier alpha value is -3.22. The number of aromatic nitrogens is 2. The third kappa shape index (κ3) is 2.71. The Balaban J connectivity index is 1.90. The van der Waals surface area contributed by atoms with Gasteiger partial charge in [-0.2, -0.15) is 0 Å². The van der Waals surface area contributed by atoms with Crippen LogP contribution in [-0.2, 0) is 0 Å². The molecule has 0 fully saturated rings. The number of aryl methyl sites for hydroxylation is 1. The lowest BCUT2D eigenvalue weighted by molar-refractivity contribution is 0.0836. The summed E-state index contributed by atoms with van der Waals surface area (Å²) in [5.41, 5.74) is 7.62. The molecule has 0 aliphatic heterocycles. The molecule has 124 valence electrons. The van der Waals surface area contributed by atoms with E-state index in [-0.39, 0.29) is 6.61 Å². The monoisotopic (exact) mass is 327 g/mol. The van der Waals surface area contributed by atoms with Crippen molar-refractivity contribution >= 4 is 22.6 Å². The number of aromatic amines is 1. The molecule has 0 saturated heterocycles. The average molecular weight is 327 g/mol. The van der Waals surface area contributed by atoms with Crippen molar-refractivity contribution in [1.29, 1.82) is 0 Å². The Labute approximate surface area is 137 Å². The van der Waals surface area contributed by atoms with Gasteiger partial charge in [-0.1, -0.05) is 12.1 Å². The van der Waals surface area contributed by atoms with Crippen LogP contribution >= 0.6 is 0 Å². The number of carbonyl (C=O) groups is 1. The number of imidazole rings is 1. The van der Waals surface area contributed by atoms with Crippen LogP contribution in [0.3, 0.4) is 0 Å². The van der Waals surface area contributed by atoms with Gasteiger partial charge in [-0.15, -0.1) is 0 Å². The Bertz CT molecular complexity index is 972. The van der Waals surface area contributed by atoms with Crippen molar-refractivity contribution in [2.24, 2.45) is 0 Å². The van der Waals surface area contributed by atoms with E-state index in [2.05, 4.69) is 4.98 Å². The number of nitrogen functional groups attached to an aromatic ring is 1. The Morgan fingerprint density at radius 3 is 2.67 bits per heavy atom. The minimum atomic E-state index is -0.524. The van der Waals surface area contributed by atoms with Crippen molar-refractivity contribution in [2.75, 3.05) is 19.5 Å². The first-order chi connectivity index (χ1) is 11.5. The van der Waals surface area contributed by atoms with E-state index < -0.39 is 11.6 Å². The highest BCUT2D eigenvalue weighted by Crippen LogP contribution is 2.25. The highest BCUT2D eigenvalue weighted by molar-refractivity contribution is 5.92. The molecule has 3 N–H and O–H groups in total. The Kier molecular flexibility index (Phi) is 3.99. The molecule has 0 saturated carbocycles. The third-order valence-electron chi connectivity index (χ3n) is 3.74. The van der Waals surface area contributed by atoms with E-state index in [1.165, 1.54) is 7.11 Å². The van der Waals surface area contributed by atoms with Crippen LogP contribution in [0.4, 0.5) is 5.69 Å². The van der Waals surface area contributed by atoms with Crippen LogP contribution in [0, 0.1) is 6.92 Å². The minimum absolute atomic E-state index is 0.295. The quantitative estimate of drug-likeness (QED) is 0.714. The summed E-state index contributed by atoms with van der Waals surface area (Å²) in [4.78, 5) is 27.2. The minimum Gasteiger partial charge on any atom is -0.493 e. The van der Waals surface area contributed by atoms with Gasteiger partial charge in [0, 0.05) is 5.69 Å². The van der Waals surface area contributed by atoms with Gasteiger partial charge in [0.05, 0.1) is 18.1 Å². The van der Waals surface area contributed by atoms with E-state index in [4.69, 9.17) is 15.2 Å². The second-order valence-electron chi connectivity index (χ2n) is 5.32. The topological polar surface area (TPSA) is 99.3 Å². The normalized spacial score (nSPS) is 10.8. The molecule has 24 heavy (non-hydrogen) atoms. The van der Waals surface area contributed by atoms with E-state index in [1.54, 1.807) is 36.4 Å². The number of rotatable bonds is 4. The van der Waals surface area contributed by atoms with Crippen molar-refractivity contribution in [3.05, 3.63) is 52.4 Å². The number of hydrogen-bond acceptors (Lipinski definition) is 5. The lowest BCUT2D eigenvalue weighted by Gasteiger charge is -2.10. The van der Waals surface area contributed by atoms with E-state index in [0.717, 1.165) is 10.1 Å². The molecular weight excluding hydrogens is 310 g/mol. The summed E-state index contributed by atoms with van der Waals surface area (Å²) in [6.07, 6.45) is 0. The van der Waals surface area contributed by atoms with Gasteiger partial charge in [0.15, 0.2) is 18.1 Å². The predicted octanol–water partition coefficient (Wildman–Crippen LogP) is 1.95. The molecular formula is C17H17N3O4. The molecule has 0 bridgehead atoms. The maximum absolute atomic E-state index is 12.5. The number of carbonyl (C=O) groups excluding carboxylic acids is 1. The van der Waals surface area contributed by atoms with Gasteiger partial charge in [-0.3, -0.25) is 4.79 Å². The first kappa shape index (κ1) is 15.7. The Morgan fingerprint density at radius 1 is 1.25 bits per heavy atom. The smallest absolute Gasteiger partial charge is 0.333 e. The zero-order valence-electron chi connectivity index (χ0n) is 13.3. The lowest BCUT2D eigenvalue weighted by atomic mass is 10.2. The van der Waals surface area contributed by atoms with Crippen LogP contribution in [-0.4, -0.2) is 29.2 Å². The summed E-state index contributed by atoms with van der Waals surface area (Å²) in [7, 11) is 1.52. The number of anilines is 1. The summed E-state index contributed by atoms with van der Waals surface area (Å²) in [5.74, 6) is 0.461. The maximum atomic E-state index is 12.5. The van der Waals surface area contributed by atoms with E-state index >= 15 is 0 Å². The fraction of sp³-hybridized carbons (Fsp3) is 0.176. The largest absolute Gasteiger partial charge is 0.493 e. The number of benzene rings is 2. The van der Waals surface area contributed by atoms with Crippen LogP contribution in [0.15, 0.2) is 41.2 Å². The number of hydrogen-bond donors (Lipinski definition) is 2. The van der Waals surface area contributed by atoms with Crippen molar-refractivity contribution in [3.63, 3.8) is 0 Å². The van der Waals surface area contributed by atoms with Crippen LogP contribution in [0.25, 0.3) is 11.0 Å². The number of ether oxygens (including phenoxy) is 2. The number of methoxy groups -OCH3 is 1. The molecule has 7 nitrogen and oxygen atoms in total. The number of nitrogens with two attached hydrogens (primary N) is 1. The molecule has 0 unspecified atom stereocenters. The predicted molar refractivity (Wildman–Crippen MR) is 90.8 cm³/mol. The Morgan fingerprint density at radius 2 is 1.96 bits per heavy atom. The van der Waals surface area contributed by atoms with Gasteiger partial charge < -0.3 is 20.2 Å². The van der Waals surface area contributed by atoms with Crippen LogP contribution in [0.2, 0.25) is 0 Å². The summed E-state index contributed by atoms with van der Waals surface area (Å²) in [6, 6.07) is 10.3. The zero-order chi connectivity index (χ0) is 17.3.